The van der Waals surface area contributed by atoms with E-state index in [0.29, 0.717) is 19.4 Å². The summed E-state index contributed by atoms with van der Waals surface area (Å²) in [6, 6.07) is 0. The summed E-state index contributed by atoms with van der Waals surface area (Å²) < 4.78 is 30.5. The van der Waals surface area contributed by atoms with Crippen molar-refractivity contribution < 1.29 is 23.1 Å². The Balaban J connectivity index is 2.15. The maximum absolute atomic E-state index is 12.3. The van der Waals surface area contributed by atoms with Crippen LogP contribution in [0, 0.1) is 0 Å². The highest BCUT2D eigenvalue weighted by molar-refractivity contribution is 7.99. The van der Waals surface area contributed by atoms with Crippen molar-refractivity contribution in [2.75, 3.05) is 18.1 Å². The molecule has 2 aliphatic rings. The fraction of sp³-hybridized carbons (Fsp3) is 0.917. The summed E-state index contributed by atoms with van der Waals surface area (Å²) in [4.78, 5) is 10.9. The standard InChI is InChI=1S/C12H20O5S2/c1-9(11(13)14)19(15,16)10-2-5-17-12(8-10)3-6-18-7-4-12/h9-10H,2-8H2,1H3,(H,13,14). The first-order valence-corrected chi connectivity index (χ1v) is 9.31. The minimum Gasteiger partial charge on any atom is -0.480 e. The quantitative estimate of drug-likeness (QED) is 0.847. The van der Waals surface area contributed by atoms with Crippen molar-refractivity contribution in [3.8, 4) is 0 Å². The number of aliphatic carboxylic acids is 1. The number of thioether (sulfide) groups is 1. The molecule has 110 valence electrons. The number of carboxylic acids is 1. The average molecular weight is 308 g/mol. The van der Waals surface area contributed by atoms with Gasteiger partial charge in [-0.1, -0.05) is 0 Å². The van der Waals surface area contributed by atoms with Gasteiger partial charge in [-0.15, -0.1) is 0 Å². The normalized spacial score (nSPS) is 29.0. The van der Waals surface area contributed by atoms with Gasteiger partial charge in [0.25, 0.3) is 0 Å². The summed E-state index contributed by atoms with van der Waals surface area (Å²) in [6.45, 7) is 1.68. The van der Waals surface area contributed by atoms with Crippen LogP contribution in [0.2, 0.25) is 0 Å². The van der Waals surface area contributed by atoms with Gasteiger partial charge in [-0.25, -0.2) is 8.42 Å². The maximum Gasteiger partial charge on any atom is 0.321 e. The molecule has 2 aliphatic heterocycles. The first-order chi connectivity index (χ1) is 8.87. The van der Waals surface area contributed by atoms with Crippen molar-refractivity contribution in [3.63, 3.8) is 0 Å². The Labute approximate surface area is 118 Å². The summed E-state index contributed by atoms with van der Waals surface area (Å²) in [6.07, 6.45) is 2.60. The number of rotatable bonds is 3. The van der Waals surface area contributed by atoms with Gasteiger partial charge in [0, 0.05) is 6.61 Å². The van der Waals surface area contributed by atoms with Crippen LogP contribution in [0.5, 0.6) is 0 Å². The van der Waals surface area contributed by atoms with Crippen LogP contribution in [0.4, 0.5) is 0 Å². The van der Waals surface area contributed by atoms with Gasteiger partial charge in [0.15, 0.2) is 15.1 Å². The third-order valence-electron chi connectivity index (χ3n) is 4.16. The van der Waals surface area contributed by atoms with Crippen molar-refractivity contribution in [3.05, 3.63) is 0 Å². The van der Waals surface area contributed by atoms with Crippen LogP contribution in [0.15, 0.2) is 0 Å². The molecule has 0 saturated carbocycles. The summed E-state index contributed by atoms with van der Waals surface area (Å²) in [5.74, 6) is 0.711. The van der Waals surface area contributed by atoms with Gasteiger partial charge in [0.05, 0.1) is 10.9 Å². The van der Waals surface area contributed by atoms with Crippen LogP contribution < -0.4 is 0 Å². The summed E-state index contributed by atoms with van der Waals surface area (Å²) >= 11 is 1.86. The van der Waals surface area contributed by atoms with Crippen molar-refractivity contribution in [2.24, 2.45) is 0 Å². The molecule has 2 rings (SSSR count). The molecule has 0 aromatic carbocycles. The molecule has 2 unspecified atom stereocenters. The highest BCUT2D eigenvalue weighted by atomic mass is 32.2. The lowest BCUT2D eigenvalue weighted by molar-refractivity contribution is -0.136. The Morgan fingerprint density at radius 3 is 2.63 bits per heavy atom. The topological polar surface area (TPSA) is 80.7 Å². The Hall–Kier alpha value is -0.270. The Bertz CT molecular complexity index is 434. The third-order valence-corrected chi connectivity index (χ3v) is 7.66. The van der Waals surface area contributed by atoms with E-state index in [2.05, 4.69) is 0 Å². The number of ether oxygens (including phenoxy) is 1. The zero-order valence-electron chi connectivity index (χ0n) is 11.0. The molecule has 2 heterocycles. The van der Waals surface area contributed by atoms with Crippen molar-refractivity contribution in [2.45, 2.75) is 48.7 Å². The van der Waals surface area contributed by atoms with Crippen molar-refractivity contribution in [1.29, 1.82) is 0 Å². The molecule has 0 amide bonds. The first-order valence-electron chi connectivity index (χ1n) is 6.55. The molecule has 1 spiro atoms. The monoisotopic (exact) mass is 308 g/mol. The van der Waals surface area contributed by atoms with Gasteiger partial charge in [0.1, 0.15) is 0 Å². The zero-order chi connectivity index (χ0) is 14.1. The molecule has 0 radical (unpaired) electrons. The Kier molecular flexibility index (Phi) is 4.47. The summed E-state index contributed by atoms with van der Waals surface area (Å²) in [5.41, 5.74) is -0.334. The Morgan fingerprint density at radius 2 is 2.05 bits per heavy atom. The van der Waals surface area contributed by atoms with Gasteiger partial charge in [-0.05, 0) is 44.1 Å². The molecular weight excluding hydrogens is 288 g/mol. The van der Waals surface area contributed by atoms with E-state index in [0.717, 1.165) is 24.3 Å². The second-order valence-corrected chi connectivity index (χ2v) is 9.10. The number of hydrogen-bond donors (Lipinski definition) is 1. The van der Waals surface area contributed by atoms with Crippen LogP contribution in [0.1, 0.15) is 32.6 Å². The van der Waals surface area contributed by atoms with E-state index < -0.39 is 26.3 Å². The highest BCUT2D eigenvalue weighted by Crippen LogP contribution is 2.40. The number of sulfone groups is 1. The molecule has 19 heavy (non-hydrogen) atoms. The third kappa shape index (κ3) is 3.08. The second-order valence-electron chi connectivity index (χ2n) is 5.33. The largest absolute Gasteiger partial charge is 0.480 e. The van der Waals surface area contributed by atoms with E-state index in [1.54, 1.807) is 0 Å². The lowest BCUT2D eigenvalue weighted by Crippen LogP contribution is -2.49. The molecule has 7 heteroatoms. The predicted octanol–water partition coefficient (Wildman–Crippen LogP) is 1.32. The number of carboxylic acid groups (broad SMARTS) is 1. The van der Waals surface area contributed by atoms with Crippen molar-refractivity contribution >= 4 is 27.6 Å². The van der Waals surface area contributed by atoms with Gasteiger partial charge >= 0.3 is 5.97 Å². The summed E-state index contributed by atoms with van der Waals surface area (Å²) in [5, 5.41) is 7.03. The molecule has 1 N–H and O–H groups in total. The zero-order valence-corrected chi connectivity index (χ0v) is 12.6. The van der Waals surface area contributed by atoms with Crippen LogP contribution >= 0.6 is 11.8 Å². The minimum atomic E-state index is -3.62. The molecule has 0 bridgehead atoms. The van der Waals surface area contributed by atoms with E-state index >= 15 is 0 Å². The Morgan fingerprint density at radius 1 is 1.42 bits per heavy atom. The van der Waals surface area contributed by atoms with Crippen LogP contribution in [-0.4, -0.2) is 53.7 Å². The second kappa shape index (κ2) is 5.61. The SMILES string of the molecule is CC(C(=O)O)S(=O)(=O)C1CCOC2(CCSCC2)C1. The average Bonchev–Trinajstić information content (AvgIpc) is 2.38. The fourth-order valence-corrected chi connectivity index (χ4v) is 5.84. The van der Waals surface area contributed by atoms with Crippen LogP contribution in [0.3, 0.4) is 0 Å². The molecule has 2 atom stereocenters. The molecular formula is C12H20O5S2. The molecule has 0 aliphatic carbocycles. The van der Waals surface area contributed by atoms with Gasteiger partial charge in [-0.3, -0.25) is 4.79 Å². The van der Waals surface area contributed by atoms with Gasteiger partial charge in [0.2, 0.25) is 0 Å². The van der Waals surface area contributed by atoms with E-state index in [1.165, 1.54) is 6.92 Å². The number of carbonyl (C=O) groups is 1. The smallest absolute Gasteiger partial charge is 0.321 e. The highest BCUT2D eigenvalue weighted by Gasteiger charge is 2.45. The van der Waals surface area contributed by atoms with E-state index in [9.17, 15) is 13.2 Å². The lowest BCUT2D eigenvalue weighted by atomic mass is 9.88. The fourth-order valence-electron chi connectivity index (χ4n) is 2.78. The molecule has 0 aromatic rings. The number of hydrogen-bond acceptors (Lipinski definition) is 5. The van der Waals surface area contributed by atoms with Gasteiger partial charge < -0.3 is 9.84 Å². The van der Waals surface area contributed by atoms with E-state index in [4.69, 9.17) is 9.84 Å². The minimum absolute atomic E-state index is 0.334. The predicted molar refractivity (Wildman–Crippen MR) is 74.3 cm³/mol. The maximum atomic E-state index is 12.3. The summed E-state index contributed by atoms with van der Waals surface area (Å²) in [7, 11) is -3.62. The van der Waals surface area contributed by atoms with Crippen LogP contribution in [0.25, 0.3) is 0 Å². The van der Waals surface area contributed by atoms with Crippen molar-refractivity contribution in [1.82, 2.24) is 0 Å². The van der Waals surface area contributed by atoms with Crippen LogP contribution in [-0.2, 0) is 19.4 Å². The van der Waals surface area contributed by atoms with Gasteiger partial charge in [-0.2, -0.15) is 11.8 Å². The molecule has 0 aromatic heterocycles. The first kappa shape index (κ1) is 15.1. The molecule has 2 saturated heterocycles. The van der Waals surface area contributed by atoms with E-state index in [-0.39, 0.29) is 5.60 Å². The molecule has 5 nitrogen and oxygen atoms in total. The van der Waals surface area contributed by atoms with E-state index in [1.807, 2.05) is 11.8 Å². The lowest BCUT2D eigenvalue weighted by Gasteiger charge is -2.43. The molecule has 2 fully saturated rings.